The van der Waals surface area contributed by atoms with Crippen molar-refractivity contribution in [3.63, 3.8) is 0 Å². The highest BCUT2D eigenvalue weighted by Gasteiger charge is 2.23. The molecule has 9 heteroatoms. The minimum atomic E-state index is -0.620. The smallest absolute Gasteiger partial charge is 0.361 e. The van der Waals surface area contributed by atoms with Gasteiger partial charge < -0.3 is 20.2 Å². The molecular formula is C13H20ClN5O3. The van der Waals surface area contributed by atoms with Crippen LogP contribution in [-0.4, -0.2) is 40.3 Å². The summed E-state index contributed by atoms with van der Waals surface area (Å²) in [5, 5.41) is 17.1. The monoisotopic (exact) mass is 329 g/mol. The predicted octanol–water partition coefficient (Wildman–Crippen LogP) is 2.20. The molecular weight excluding hydrogens is 310 g/mol. The van der Waals surface area contributed by atoms with Gasteiger partial charge in [-0.25, -0.2) is 0 Å². The molecule has 2 N–H and O–H groups in total. The zero-order valence-corrected chi connectivity index (χ0v) is 13.3. The van der Waals surface area contributed by atoms with Gasteiger partial charge in [-0.2, -0.15) is 4.98 Å². The molecule has 1 saturated heterocycles. The Morgan fingerprint density at radius 3 is 2.95 bits per heavy atom. The summed E-state index contributed by atoms with van der Waals surface area (Å²) in [6.07, 6.45) is 3.49. The minimum absolute atomic E-state index is 0.0661. The number of piperidine rings is 1. The van der Waals surface area contributed by atoms with Crippen molar-refractivity contribution in [3.8, 4) is 0 Å². The summed E-state index contributed by atoms with van der Waals surface area (Å²) in [7, 11) is 0. The Kier molecular flexibility index (Phi) is 5.87. The summed E-state index contributed by atoms with van der Waals surface area (Å²) in [4.78, 5) is 17.9. The SMILES string of the molecule is CC(C)OC1CCC(CNc2ncc(Cl)c([N+](=O)[O-])n2)CN1. The highest BCUT2D eigenvalue weighted by molar-refractivity contribution is 6.32. The zero-order chi connectivity index (χ0) is 16.1. The van der Waals surface area contributed by atoms with E-state index in [0.717, 1.165) is 19.4 Å². The van der Waals surface area contributed by atoms with Crippen LogP contribution in [0, 0.1) is 16.0 Å². The molecule has 1 aliphatic heterocycles. The van der Waals surface area contributed by atoms with Crippen molar-refractivity contribution in [2.45, 2.75) is 39.0 Å². The number of ether oxygens (including phenoxy) is 1. The van der Waals surface area contributed by atoms with Crippen molar-refractivity contribution < 1.29 is 9.66 Å². The molecule has 8 nitrogen and oxygen atoms in total. The van der Waals surface area contributed by atoms with Crippen LogP contribution in [-0.2, 0) is 4.74 Å². The molecule has 0 saturated carbocycles. The average molecular weight is 330 g/mol. The van der Waals surface area contributed by atoms with E-state index in [9.17, 15) is 10.1 Å². The van der Waals surface area contributed by atoms with E-state index in [1.54, 1.807) is 0 Å². The molecule has 1 aromatic rings. The topological polar surface area (TPSA) is 102 Å². The first-order valence-electron chi connectivity index (χ1n) is 7.25. The van der Waals surface area contributed by atoms with Gasteiger partial charge in [-0.15, -0.1) is 0 Å². The lowest BCUT2D eigenvalue weighted by atomic mass is 9.98. The van der Waals surface area contributed by atoms with Crippen LogP contribution in [0.3, 0.4) is 0 Å². The molecule has 0 radical (unpaired) electrons. The third kappa shape index (κ3) is 4.75. The summed E-state index contributed by atoms with van der Waals surface area (Å²) < 4.78 is 5.71. The van der Waals surface area contributed by atoms with E-state index in [2.05, 4.69) is 20.6 Å². The maximum Gasteiger partial charge on any atom is 0.387 e. The Balaban J connectivity index is 1.82. The molecule has 0 bridgehead atoms. The Labute approximate surface area is 133 Å². The van der Waals surface area contributed by atoms with Crippen molar-refractivity contribution in [1.82, 2.24) is 15.3 Å². The van der Waals surface area contributed by atoms with Crippen molar-refractivity contribution in [2.75, 3.05) is 18.4 Å². The molecule has 0 aromatic carbocycles. The summed E-state index contributed by atoms with van der Waals surface area (Å²) >= 11 is 5.68. The fourth-order valence-electron chi connectivity index (χ4n) is 2.32. The number of nitrogens with one attached hydrogen (secondary N) is 2. The van der Waals surface area contributed by atoms with Crippen molar-refractivity contribution >= 4 is 23.4 Å². The molecule has 2 heterocycles. The molecule has 2 unspecified atom stereocenters. The molecule has 1 fully saturated rings. The van der Waals surface area contributed by atoms with Gasteiger partial charge >= 0.3 is 11.8 Å². The molecule has 2 rings (SSSR count). The first kappa shape index (κ1) is 16.9. The second-order valence-corrected chi connectivity index (χ2v) is 5.94. The molecule has 0 spiro atoms. The third-order valence-corrected chi connectivity index (χ3v) is 3.62. The van der Waals surface area contributed by atoms with Gasteiger partial charge in [0.2, 0.25) is 0 Å². The van der Waals surface area contributed by atoms with Crippen LogP contribution >= 0.6 is 11.6 Å². The quantitative estimate of drug-likeness (QED) is 0.609. The fraction of sp³-hybridized carbons (Fsp3) is 0.692. The van der Waals surface area contributed by atoms with Gasteiger partial charge in [-0.05, 0) is 37.5 Å². The number of rotatable bonds is 6. The van der Waals surface area contributed by atoms with Crippen LogP contribution in [0.1, 0.15) is 26.7 Å². The van der Waals surface area contributed by atoms with Crippen LogP contribution in [0.5, 0.6) is 0 Å². The van der Waals surface area contributed by atoms with Gasteiger partial charge in [-0.3, -0.25) is 5.32 Å². The highest BCUT2D eigenvalue weighted by atomic mass is 35.5. The Morgan fingerprint density at radius 2 is 2.36 bits per heavy atom. The first-order valence-corrected chi connectivity index (χ1v) is 7.63. The van der Waals surface area contributed by atoms with Crippen LogP contribution in [0.4, 0.5) is 11.8 Å². The highest BCUT2D eigenvalue weighted by Crippen LogP contribution is 2.22. The molecule has 1 aliphatic rings. The number of halogens is 1. The van der Waals surface area contributed by atoms with Crippen molar-refractivity contribution in [3.05, 3.63) is 21.3 Å². The molecule has 2 atom stereocenters. The van der Waals surface area contributed by atoms with E-state index in [1.807, 2.05) is 13.8 Å². The molecule has 122 valence electrons. The van der Waals surface area contributed by atoms with Gasteiger partial charge in [0, 0.05) is 18.1 Å². The Morgan fingerprint density at radius 1 is 1.59 bits per heavy atom. The van der Waals surface area contributed by atoms with Gasteiger partial charge in [-0.1, -0.05) is 11.6 Å². The minimum Gasteiger partial charge on any atom is -0.361 e. The number of aromatic nitrogens is 2. The molecule has 22 heavy (non-hydrogen) atoms. The van der Waals surface area contributed by atoms with Gasteiger partial charge in [0.15, 0.2) is 5.02 Å². The van der Waals surface area contributed by atoms with E-state index < -0.39 is 4.92 Å². The van der Waals surface area contributed by atoms with Crippen molar-refractivity contribution in [1.29, 1.82) is 0 Å². The van der Waals surface area contributed by atoms with Gasteiger partial charge in [0.1, 0.15) is 6.23 Å². The number of anilines is 1. The summed E-state index contributed by atoms with van der Waals surface area (Å²) in [5.41, 5.74) is 0. The Hall–Kier alpha value is -1.51. The summed E-state index contributed by atoms with van der Waals surface area (Å²) in [5.74, 6) is 0.230. The first-order chi connectivity index (χ1) is 10.5. The normalized spacial score (nSPS) is 21.8. The molecule has 0 aliphatic carbocycles. The summed E-state index contributed by atoms with van der Waals surface area (Å²) in [6.45, 7) is 5.49. The fourth-order valence-corrected chi connectivity index (χ4v) is 2.48. The zero-order valence-electron chi connectivity index (χ0n) is 12.6. The molecule has 0 amide bonds. The largest absolute Gasteiger partial charge is 0.387 e. The number of nitrogens with zero attached hydrogens (tertiary/aromatic N) is 3. The summed E-state index contributed by atoms with van der Waals surface area (Å²) in [6, 6.07) is 0. The molecule has 1 aromatic heterocycles. The third-order valence-electron chi connectivity index (χ3n) is 3.36. The maximum atomic E-state index is 10.8. The van der Waals surface area contributed by atoms with E-state index in [1.165, 1.54) is 6.20 Å². The van der Waals surface area contributed by atoms with Crippen LogP contribution in [0.15, 0.2) is 6.20 Å². The predicted molar refractivity (Wildman–Crippen MR) is 82.9 cm³/mol. The maximum absolute atomic E-state index is 10.8. The lowest BCUT2D eigenvalue weighted by molar-refractivity contribution is -0.389. The van der Waals surface area contributed by atoms with E-state index in [0.29, 0.717) is 12.5 Å². The number of hydrogen-bond donors (Lipinski definition) is 2. The standard InChI is InChI=1S/C13H20ClN5O3/c1-8(2)22-11-4-3-9(5-15-11)6-16-13-17-7-10(14)12(18-13)19(20)21/h7-9,11,15H,3-6H2,1-2H3,(H,16,17,18). The van der Waals surface area contributed by atoms with E-state index in [-0.39, 0.29) is 29.1 Å². The van der Waals surface area contributed by atoms with E-state index in [4.69, 9.17) is 16.3 Å². The van der Waals surface area contributed by atoms with Crippen LogP contribution < -0.4 is 10.6 Å². The number of nitro groups is 1. The van der Waals surface area contributed by atoms with Gasteiger partial charge in [0.25, 0.3) is 0 Å². The second-order valence-electron chi connectivity index (χ2n) is 5.53. The van der Waals surface area contributed by atoms with E-state index >= 15 is 0 Å². The lowest BCUT2D eigenvalue weighted by Gasteiger charge is -2.30. The average Bonchev–Trinajstić information content (AvgIpc) is 2.47. The second kappa shape index (κ2) is 7.66. The number of hydrogen-bond acceptors (Lipinski definition) is 7. The van der Waals surface area contributed by atoms with Gasteiger partial charge in [0.05, 0.1) is 12.3 Å². The van der Waals surface area contributed by atoms with Crippen LogP contribution in [0.25, 0.3) is 0 Å². The van der Waals surface area contributed by atoms with Crippen LogP contribution in [0.2, 0.25) is 5.02 Å². The lowest BCUT2D eigenvalue weighted by Crippen LogP contribution is -2.43. The Bertz CT molecular complexity index is 520. The van der Waals surface area contributed by atoms with Crippen molar-refractivity contribution in [2.24, 2.45) is 5.92 Å².